The molecule has 7 nitrogen and oxygen atoms in total. The van der Waals surface area contributed by atoms with E-state index in [0.29, 0.717) is 24.1 Å². The molecule has 0 atom stereocenters. The Bertz CT molecular complexity index is 830. The lowest BCUT2D eigenvalue weighted by Gasteiger charge is -2.25. The summed E-state index contributed by atoms with van der Waals surface area (Å²) < 4.78 is 4.95. The number of aromatic nitrogens is 4. The first-order chi connectivity index (χ1) is 11.1. The van der Waals surface area contributed by atoms with Crippen LogP contribution in [-0.4, -0.2) is 32.5 Å². The Morgan fingerprint density at radius 2 is 1.83 bits per heavy atom. The lowest BCUT2D eigenvalue weighted by atomic mass is 10.2. The van der Waals surface area contributed by atoms with Crippen molar-refractivity contribution in [1.29, 1.82) is 0 Å². The topological polar surface area (TPSA) is 65.1 Å². The molecule has 0 aliphatic carbocycles. The van der Waals surface area contributed by atoms with E-state index in [1.54, 1.807) is 4.57 Å². The molecular weight excluding hydrogens is 294 g/mol. The van der Waals surface area contributed by atoms with E-state index in [9.17, 15) is 9.59 Å². The molecule has 0 N–H and O–H groups in total. The second-order valence-corrected chi connectivity index (χ2v) is 6.27. The standard InChI is InChI=1S/C16H25N5O2/c1-4-6-10-19-13-12(15(22)20(8-5-2)16(19)23)14-18(3)9-7-11-21(14)17-13/h4-11H2,1-3H3. The summed E-state index contributed by atoms with van der Waals surface area (Å²) in [6, 6.07) is 0. The predicted molar refractivity (Wildman–Crippen MR) is 91.3 cm³/mol. The molecule has 1 aliphatic rings. The summed E-state index contributed by atoms with van der Waals surface area (Å²) in [4.78, 5) is 27.7. The average molecular weight is 319 g/mol. The minimum Gasteiger partial charge on any atom is -0.359 e. The predicted octanol–water partition coefficient (Wildman–Crippen LogP) is 1.41. The first-order valence-electron chi connectivity index (χ1n) is 8.55. The normalized spacial score (nSPS) is 14.5. The molecule has 0 radical (unpaired) electrons. The van der Waals surface area contributed by atoms with Gasteiger partial charge >= 0.3 is 5.69 Å². The van der Waals surface area contributed by atoms with Gasteiger partial charge in [-0.25, -0.2) is 9.48 Å². The molecule has 2 aromatic rings. The lowest BCUT2D eigenvalue weighted by Crippen LogP contribution is -2.40. The van der Waals surface area contributed by atoms with Crippen molar-refractivity contribution in [1.82, 2.24) is 18.9 Å². The van der Waals surface area contributed by atoms with E-state index in [1.807, 2.05) is 18.7 Å². The van der Waals surface area contributed by atoms with Gasteiger partial charge in [-0.1, -0.05) is 20.3 Å². The van der Waals surface area contributed by atoms with Crippen LogP contribution in [0.15, 0.2) is 9.59 Å². The zero-order valence-electron chi connectivity index (χ0n) is 14.2. The summed E-state index contributed by atoms with van der Waals surface area (Å²) >= 11 is 0. The molecule has 126 valence electrons. The molecule has 0 saturated carbocycles. The Hall–Kier alpha value is -2.05. The number of anilines is 1. The van der Waals surface area contributed by atoms with E-state index in [2.05, 4.69) is 16.9 Å². The molecule has 23 heavy (non-hydrogen) atoms. The monoisotopic (exact) mass is 319 g/mol. The summed E-state index contributed by atoms with van der Waals surface area (Å²) in [5.74, 6) is 0.853. The molecule has 3 heterocycles. The number of hydrogen-bond donors (Lipinski definition) is 0. The smallest absolute Gasteiger partial charge is 0.332 e. The molecule has 7 heteroatoms. The van der Waals surface area contributed by atoms with Crippen LogP contribution in [-0.2, 0) is 19.6 Å². The van der Waals surface area contributed by atoms with Crippen molar-refractivity contribution in [3.05, 3.63) is 20.8 Å². The molecule has 1 aliphatic heterocycles. The van der Waals surface area contributed by atoms with Gasteiger partial charge in [0.25, 0.3) is 5.56 Å². The van der Waals surface area contributed by atoms with Crippen molar-refractivity contribution in [3.8, 4) is 0 Å². The van der Waals surface area contributed by atoms with Crippen LogP contribution in [0.2, 0.25) is 0 Å². The molecule has 0 fully saturated rings. The molecule has 0 aromatic carbocycles. The molecule has 3 rings (SSSR count). The summed E-state index contributed by atoms with van der Waals surface area (Å²) in [6.07, 6.45) is 3.65. The first-order valence-corrected chi connectivity index (χ1v) is 8.55. The quantitative estimate of drug-likeness (QED) is 0.836. The van der Waals surface area contributed by atoms with Crippen LogP contribution in [0.3, 0.4) is 0 Å². The number of fused-ring (bicyclic) bond motifs is 3. The molecule has 0 saturated heterocycles. The lowest BCUT2D eigenvalue weighted by molar-refractivity contribution is 0.525. The van der Waals surface area contributed by atoms with E-state index in [4.69, 9.17) is 0 Å². The minimum absolute atomic E-state index is 0.199. The van der Waals surface area contributed by atoms with Crippen molar-refractivity contribution in [2.24, 2.45) is 0 Å². The number of aryl methyl sites for hydroxylation is 2. The summed E-state index contributed by atoms with van der Waals surface area (Å²) in [5, 5.41) is 5.20. The Morgan fingerprint density at radius 3 is 2.52 bits per heavy atom. The first kappa shape index (κ1) is 15.8. The van der Waals surface area contributed by atoms with Crippen LogP contribution in [0.25, 0.3) is 11.0 Å². The molecular formula is C16H25N5O2. The largest absolute Gasteiger partial charge is 0.359 e. The zero-order valence-corrected chi connectivity index (χ0v) is 14.2. The van der Waals surface area contributed by atoms with Gasteiger partial charge in [0.2, 0.25) is 0 Å². The van der Waals surface area contributed by atoms with Crippen LogP contribution in [0.1, 0.15) is 39.5 Å². The fourth-order valence-corrected chi connectivity index (χ4v) is 3.33. The van der Waals surface area contributed by atoms with Gasteiger partial charge in [-0.2, -0.15) is 5.10 Å². The van der Waals surface area contributed by atoms with Gasteiger partial charge in [-0.3, -0.25) is 13.9 Å². The molecule has 0 unspecified atom stereocenters. The highest BCUT2D eigenvalue weighted by Crippen LogP contribution is 2.26. The third-order valence-electron chi connectivity index (χ3n) is 4.49. The van der Waals surface area contributed by atoms with Crippen LogP contribution in [0.4, 0.5) is 5.82 Å². The minimum atomic E-state index is -0.226. The maximum absolute atomic E-state index is 12.9. The van der Waals surface area contributed by atoms with Gasteiger partial charge in [-0.05, 0) is 19.3 Å². The van der Waals surface area contributed by atoms with Crippen LogP contribution in [0.5, 0.6) is 0 Å². The molecule has 0 bridgehead atoms. The number of hydrogen-bond acceptors (Lipinski definition) is 4. The maximum Gasteiger partial charge on any atom is 0.332 e. The molecule has 0 amide bonds. The van der Waals surface area contributed by atoms with E-state index in [-0.39, 0.29) is 11.2 Å². The summed E-state index contributed by atoms with van der Waals surface area (Å²) in [5.41, 5.74) is 0.120. The maximum atomic E-state index is 12.9. The summed E-state index contributed by atoms with van der Waals surface area (Å²) in [7, 11) is 1.98. The highest BCUT2D eigenvalue weighted by molar-refractivity contribution is 5.87. The number of nitrogens with zero attached hydrogens (tertiary/aromatic N) is 5. The fourth-order valence-electron chi connectivity index (χ4n) is 3.33. The van der Waals surface area contributed by atoms with E-state index in [1.165, 1.54) is 4.57 Å². The second kappa shape index (κ2) is 6.22. The van der Waals surface area contributed by atoms with Gasteiger partial charge in [-0.15, -0.1) is 0 Å². The highest BCUT2D eigenvalue weighted by Gasteiger charge is 2.25. The number of unbranched alkanes of at least 4 members (excludes halogenated alkanes) is 1. The van der Waals surface area contributed by atoms with Crippen molar-refractivity contribution in [3.63, 3.8) is 0 Å². The van der Waals surface area contributed by atoms with Crippen molar-refractivity contribution < 1.29 is 0 Å². The zero-order chi connectivity index (χ0) is 16.6. The Balaban J connectivity index is 2.36. The summed E-state index contributed by atoms with van der Waals surface area (Å²) in [6.45, 7) is 6.83. The van der Waals surface area contributed by atoms with Crippen LogP contribution in [0, 0.1) is 0 Å². The van der Waals surface area contributed by atoms with Crippen LogP contribution < -0.4 is 16.1 Å². The molecule has 2 aromatic heterocycles. The third-order valence-corrected chi connectivity index (χ3v) is 4.49. The van der Waals surface area contributed by atoms with Gasteiger partial charge in [0.05, 0.1) is 0 Å². The number of rotatable bonds is 5. The van der Waals surface area contributed by atoms with E-state index < -0.39 is 0 Å². The van der Waals surface area contributed by atoms with Gasteiger partial charge in [0.1, 0.15) is 11.2 Å². The molecule has 0 spiro atoms. The SMILES string of the molecule is CCCCn1c(=O)n(CCC)c(=O)c2c3n(nc21)CCCN3C. The van der Waals surface area contributed by atoms with Gasteiger partial charge < -0.3 is 4.90 Å². The highest BCUT2D eigenvalue weighted by atomic mass is 16.2. The van der Waals surface area contributed by atoms with Crippen molar-refractivity contribution >= 4 is 16.9 Å². The fraction of sp³-hybridized carbons (Fsp3) is 0.688. The third kappa shape index (κ3) is 2.48. The average Bonchev–Trinajstić information content (AvgIpc) is 2.92. The second-order valence-electron chi connectivity index (χ2n) is 6.27. The van der Waals surface area contributed by atoms with Crippen molar-refractivity contribution in [2.75, 3.05) is 18.5 Å². The van der Waals surface area contributed by atoms with E-state index in [0.717, 1.165) is 44.6 Å². The van der Waals surface area contributed by atoms with Crippen LogP contribution >= 0.6 is 0 Å². The Morgan fingerprint density at radius 1 is 1.04 bits per heavy atom. The van der Waals surface area contributed by atoms with Gasteiger partial charge in [0, 0.05) is 33.2 Å². The van der Waals surface area contributed by atoms with E-state index >= 15 is 0 Å². The Kier molecular flexibility index (Phi) is 4.28. The Labute approximate surface area is 135 Å². The van der Waals surface area contributed by atoms with Crippen molar-refractivity contribution in [2.45, 2.75) is 59.2 Å². The van der Waals surface area contributed by atoms with Gasteiger partial charge in [0.15, 0.2) is 5.65 Å².